The third-order valence-corrected chi connectivity index (χ3v) is 2.90. The van der Waals surface area contributed by atoms with Gasteiger partial charge in [0.05, 0.1) is 18.7 Å². The van der Waals surface area contributed by atoms with Gasteiger partial charge in [-0.05, 0) is 30.3 Å². The zero-order chi connectivity index (χ0) is 15.9. The van der Waals surface area contributed by atoms with Crippen LogP contribution in [0.5, 0.6) is 17.2 Å². The molecule has 0 fully saturated rings. The molecule has 0 aromatic heterocycles. The molecule has 0 bridgehead atoms. The van der Waals surface area contributed by atoms with Crippen molar-refractivity contribution in [3.63, 3.8) is 0 Å². The predicted octanol–water partition coefficient (Wildman–Crippen LogP) is 3.20. The number of benzene rings is 2. The van der Waals surface area contributed by atoms with Crippen molar-refractivity contribution >= 4 is 17.6 Å². The fourth-order valence-corrected chi connectivity index (χ4v) is 1.85. The molecule has 0 N–H and O–H groups in total. The molecular formula is C16H12ClNO4. The summed E-state index contributed by atoms with van der Waals surface area (Å²) in [7, 11) is 1.43. The number of esters is 1. The lowest BCUT2D eigenvalue weighted by molar-refractivity contribution is -0.136. The first-order valence-electron chi connectivity index (χ1n) is 6.29. The van der Waals surface area contributed by atoms with Crippen molar-refractivity contribution in [3.05, 3.63) is 53.1 Å². The molecule has 5 nitrogen and oxygen atoms in total. The first-order chi connectivity index (χ1) is 10.6. The predicted molar refractivity (Wildman–Crippen MR) is 80.3 cm³/mol. The van der Waals surface area contributed by atoms with Gasteiger partial charge in [0.2, 0.25) is 0 Å². The molecule has 2 rings (SSSR count). The molecular weight excluding hydrogens is 306 g/mol. The Morgan fingerprint density at radius 1 is 1.23 bits per heavy atom. The Kier molecular flexibility index (Phi) is 5.23. The SMILES string of the molecule is COc1cc(C#N)ccc1OC(=O)COc1cccc(Cl)c1. The molecule has 0 aliphatic heterocycles. The third kappa shape index (κ3) is 4.14. The molecule has 0 unspecified atom stereocenters. The van der Waals surface area contributed by atoms with E-state index in [4.69, 9.17) is 31.1 Å². The molecule has 0 radical (unpaired) electrons. The fourth-order valence-electron chi connectivity index (χ4n) is 1.67. The van der Waals surface area contributed by atoms with Gasteiger partial charge in [0.15, 0.2) is 18.1 Å². The van der Waals surface area contributed by atoms with Gasteiger partial charge in [-0.3, -0.25) is 0 Å². The highest BCUT2D eigenvalue weighted by atomic mass is 35.5. The van der Waals surface area contributed by atoms with Gasteiger partial charge in [-0.1, -0.05) is 17.7 Å². The second-order valence-corrected chi connectivity index (χ2v) is 4.63. The van der Waals surface area contributed by atoms with Gasteiger partial charge in [0.1, 0.15) is 5.75 Å². The van der Waals surface area contributed by atoms with Crippen LogP contribution in [0.2, 0.25) is 5.02 Å². The maximum atomic E-state index is 11.8. The zero-order valence-electron chi connectivity index (χ0n) is 11.7. The number of carbonyl (C=O) groups excluding carboxylic acids is 1. The lowest BCUT2D eigenvalue weighted by atomic mass is 10.2. The fraction of sp³-hybridized carbons (Fsp3) is 0.125. The van der Waals surface area contributed by atoms with E-state index in [0.717, 1.165) is 0 Å². The van der Waals surface area contributed by atoms with Crippen LogP contribution in [0.1, 0.15) is 5.56 Å². The topological polar surface area (TPSA) is 68.5 Å². The maximum Gasteiger partial charge on any atom is 0.349 e. The van der Waals surface area contributed by atoms with Crippen molar-refractivity contribution < 1.29 is 19.0 Å². The lowest BCUT2D eigenvalue weighted by Gasteiger charge is -2.10. The van der Waals surface area contributed by atoms with E-state index >= 15 is 0 Å². The Bertz CT molecular complexity index is 724. The van der Waals surface area contributed by atoms with Gasteiger partial charge < -0.3 is 14.2 Å². The van der Waals surface area contributed by atoms with E-state index in [1.54, 1.807) is 24.3 Å². The van der Waals surface area contributed by atoms with Crippen molar-refractivity contribution in [2.45, 2.75) is 0 Å². The van der Waals surface area contributed by atoms with Gasteiger partial charge in [0, 0.05) is 11.1 Å². The highest BCUT2D eigenvalue weighted by Gasteiger charge is 2.11. The first kappa shape index (κ1) is 15.7. The molecule has 0 spiro atoms. The van der Waals surface area contributed by atoms with E-state index in [-0.39, 0.29) is 12.4 Å². The van der Waals surface area contributed by atoms with Gasteiger partial charge in [0.25, 0.3) is 0 Å². The lowest BCUT2D eigenvalue weighted by Crippen LogP contribution is -2.18. The summed E-state index contributed by atoms with van der Waals surface area (Å²) in [6, 6.07) is 13.2. The summed E-state index contributed by atoms with van der Waals surface area (Å²) < 4.78 is 15.5. The first-order valence-corrected chi connectivity index (χ1v) is 6.67. The van der Waals surface area contributed by atoms with E-state index in [2.05, 4.69) is 0 Å². The van der Waals surface area contributed by atoms with Crippen LogP contribution in [0.15, 0.2) is 42.5 Å². The maximum absolute atomic E-state index is 11.8. The number of rotatable bonds is 5. The minimum atomic E-state index is -0.594. The minimum absolute atomic E-state index is 0.223. The second kappa shape index (κ2) is 7.34. The van der Waals surface area contributed by atoms with E-state index in [9.17, 15) is 4.79 Å². The highest BCUT2D eigenvalue weighted by molar-refractivity contribution is 6.30. The Labute approximate surface area is 132 Å². The Balaban J connectivity index is 1.99. The number of methoxy groups -OCH3 is 1. The smallest absolute Gasteiger partial charge is 0.349 e. The Morgan fingerprint density at radius 3 is 2.73 bits per heavy atom. The van der Waals surface area contributed by atoms with E-state index < -0.39 is 5.97 Å². The molecule has 112 valence electrons. The van der Waals surface area contributed by atoms with Crippen LogP contribution in [-0.4, -0.2) is 19.7 Å². The van der Waals surface area contributed by atoms with Gasteiger partial charge in [-0.25, -0.2) is 4.79 Å². The molecule has 0 amide bonds. The van der Waals surface area contributed by atoms with Crippen LogP contribution in [-0.2, 0) is 4.79 Å². The molecule has 2 aromatic rings. The molecule has 2 aromatic carbocycles. The van der Waals surface area contributed by atoms with Crippen LogP contribution in [0.3, 0.4) is 0 Å². The minimum Gasteiger partial charge on any atom is -0.493 e. The average molecular weight is 318 g/mol. The molecule has 6 heteroatoms. The molecule has 0 aliphatic carbocycles. The summed E-state index contributed by atoms with van der Waals surface area (Å²) in [6.07, 6.45) is 0. The zero-order valence-corrected chi connectivity index (χ0v) is 12.5. The number of hydrogen-bond donors (Lipinski definition) is 0. The van der Waals surface area contributed by atoms with Crippen molar-refractivity contribution in [1.29, 1.82) is 5.26 Å². The molecule has 0 saturated heterocycles. The van der Waals surface area contributed by atoms with Crippen LogP contribution in [0.25, 0.3) is 0 Å². The molecule has 0 aliphatic rings. The monoisotopic (exact) mass is 317 g/mol. The van der Waals surface area contributed by atoms with E-state index in [0.29, 0.717) is 22.1 Å². The van der Waals surface area contributed by atoms with Crippen molar-refractivity contribution in [2.75, 3.05) is 13.7 Å². The number of nitriles is 1. The summed E-state index contributed by atoms with van der Waals surface area (Å²) in [5.41, 5.74) is 0.409. The van der Waals surface area contributed by atoms with Crippen LogP contribution in [0, 0.1) is 11.3 Å². The molecule has 22 heavy (non-hydrogen) atoms. The third-order valence-electron chi connectivity index (χ3n) is 2.67. The Morgan fingerprint density at radius 2 is 2.05 bits per heavy atom. The summed E-state index contributed by atoms with van der Waals surface area (Å²) in [5.74, 6) is 0.399. The summed E-state index contributed by atoms with van der Waals surface area (Å²) >= 11 is 5.82. The van der Waals surface area contributed by atoms with Gasteiger partial charge in [-0.2, -0.15) is 5.26 Å². The van der Waals surface area contributed by atoms with Gasteiger partial charge >= 0.3 is 5.97 Å². The van der Waals surface area contributed by atoms with Crippen LogP contribution in [0.4, 0.5) is 0 Å². The average Bonchev–Trinajstić information content (AvgIpc) is 2.53. The number of halogens is 1. The number of hydrogen-bond acceptors (Lipinski definition) is 5. The highest BCUT2D eigenvalue weighted by Crippen LogP contribution is 2.28. The molecule has 0 atom stereocenters. The number of carbonyl (C=O) groups is 1. The second-order valence-electron chi connectivity index (χ2n) is 4.20. The standard InChI is InChI=1S/C16H12ClNO4/c1-20-15-7-11(9-18)5-6-14(15)22-16(19)10-21-13-4-2-3-12(17)8-13/h2-8H,10H2,1H3. The summed E-state index contributed by atoms with van der Waals surface area (Å²) in [5, 5.41) is 9.33. The Hall–Kier alpha value is -2.71. The quantitative estimate of drug-likeness (QED) is 0.625. The summed E-state index contributed by atoms with van der Waals surface area (Å²) in [6.45, 7) is -0.274. The molecule has 0 saturated carbocycles. The van der Waals surface area contributed by atoms with Crippen LogP contribution >= 0.6 is 11.6 Å². The normalized spacial score (nSPS) is 9.68. The van der Waals surface area contributed by atoms with Crippen molar-refractivity contribution in [3.8, 4) is 23.3 Å². The summed E-state index contributed by atoms with van der Waals surface area (Å²) in [4.78, 5) is 11.8. The van der Waals surface area contributed by atoms with E-state index in [1.165, 1.54) is 25.3 Å². The van der Waals surface area contributed by atoms with Crippen molar-refractivity contribution in [2.24, 2.45) is 0 Å². The number of nitrogens with zero attached hydrogens (tertiary/aromatic N) is 1. The van der Waals surface area contributed by atoms with Gasteiger partial charge in [-0.15, -0.1) is 0 Å². The molecule has 0 heterocycles. The largest absolute Gasteiger partial charge is 0.493 e. The van der Waals surface area contributed by atoms with E-state index in [1.807, 2.05) is 6.07 Å². The van der Waals surface area contributed by atoms with Crippen molar-refractivity contribution in [1.82, 2.24) is 0 Å². The number of ether oxygens (including phenoxy) is 3. The van der Waals surface area contributed by atoms with Crippen LogP contribution < -0.4 is 14.2 Å².